The lowest BCUT2D eigenvalue weighted by Crippen LogP contribution is -2.08. The lowest BCUT2D eigenvalue weighted by Gasteiger charge is -2.04. The standard InChI is InChI=1S/C16H10IN3O/c17-11-5-3-4-10(8-11)16(21)15-14(19)12(9-18)13-6-1-2-7-20(13)15/h1-8H,19H2. The minimum Gasteiger partial charge on any atom is -0.396 e. The number of rotatable bonds is 2. The molecule has 2 aromatic heterocycles. The van der Waals surface area contributed by atoms with Crippen molar-refractivity contribution >= 4 is 39.6 Å². The van der Waals surface area contributed by atoms with Crippen molar-refractivity contribution in [2.24, 2.45) is 0 Å². The first-order chi connectivity index (χ1) is 10.1. The van der Waals surface area contributed by atoms with Crippen LogP contribution in [0.5, 0.6) is 0 Å². The van der Waals surface area contributed by atoms with Crippen LogP contribution in [0.25, 0.3) is 5.52 Å². The van der Waals surface area contributed by atoms with Crippen molar-refractivity contribution in [3.8, 4) is 6.07 Å². The summed E-state index contributed by atoms with van der Waals surface area (Å²) in [6.45, 7) is 0. The van der Waals surface area contributed by atoms with E-state index in [-0.39, 0.29) is 11.5 Å². The van der Waals surface area contributed by atoms with Crippen LogP contribution in [0.15, 0.2) is 48.7 Å². The molecule has 0 saturated heterocycles. The number of nitrogens with zero attached hydrogens (tertiary/aromatic N) is 2. The maximum Gasteiger partial charge on any atom is 0.211 e. The molecule has 2 N–H and O–H groups in total. The predicted octanol–water partition coefficient (Wildman–Crippen LogP) is 3.23. The van der Waals surface area contributed by atoms with E-state index in [1.54, 1.807) is 34.9 Å². The van der Waals surface area contributed by atoms with Gasteiger partial charge in [-0.3, -0.25) is 4.79 Å². The summed E-state index contributed by atoms with van der Waals surface area (Å²) < 4.78 is 2.65. The van der Waals surface area contributed by atoms with E-state index in [0.29, 0.717) is 22.3 Å². The summed E-state index contributed by atoms with van der Waals surface area (Å²) >= 11 is 2.15. The highest BCUT2D eigenvalue weighted by Gasteiger charge is 2.22. The average molecular weight is 387 g/mol. The molecule has 0 unspecified atom stereocenters. The predicted molar refractivity (Wildman–Crippen MR) is 89.1 cm³/mol. The number of pyridine rings is 1. The Balaban J connectivity index is 2.28. The van der Waals surface area contributed by atoms with E-state index in [4.69, 9.17) is 5.73 Å². The van der Waals surface area contributed by atoms with Gasteiger partial charge in [0.15, 0.2) is 0 Å². The molecule has 4 nitrogen and oxygen atoms in total. The first-order valence-corrected chi connectivity index (χ1v) is 7.30. The lowest BCUT2D eigenvalue weighted by molar-refractivity contribution is 0.103. The fraction of sp³-hybridized carbons (Fsp3) is 0. The van der Waals surface area contributed by atoms with Crippen molar-refractivity contribution in [1.29, 1.82) is 5.26 Å². The number of nitrogen functional groups attached to an aromatic ring is 1. The molecular formula is C16H10IN3O. The number of carbonyl (C=O) groups is 1. The van der Waals surface area contributed by atoms with Gasteiger partial charge in [-0.05, 0) is 46.9 Å². The van der Waals surface area contributed by atoms with E-state index in [2.05, 4.69) is 28.7 Å². The summed E-state index contributed by atoms with van der Waals surface area (Å²) in [5.74, 6) is -0.186. The van der Waals surface area contributed by atoms with Crippen LogP contribution in [0.2, 0.25) is 0 Å². The summed E-state index contributed by atoms with van der Waals surface area (Å²) in [5.41, 5.74) is 8.14. The van der Waals surface area contributed by atoms with E-state index < -0.39 is 0 Å². The molecule has 102 valence electrons. The molecule has 0 aliphatic carbocycles. The number of nitriles is 1. The van der Waals surface area contributed by atoms with Crippen molar-refractivity contribution in [2.75, 3.05) is 5.73 Å². The van der Waals surface area contributed by atoms with Crippen LogP contribution in [-0.2, 0) is 0 Å². The molecule has 0 fully saturated rings. The van der Waals surface area contributed by atoms with E-state index in [1.165, 1.54) is 0 Å². The number of ketones is 1. The molecule has 0 aliphatic heterocycles. The summed E-state index contributed by atoms with van der Waals surface area (Å²) in [6, 6.07) is 14.8. The Morgan fingerprint density at radius 3 is 2.76 bits per heavy atom. The Bertz CT molecular complexity index is 906. The number of hydrogen-bond acceptors (Lipinski definition) is 3. The second kappa shape index (κ2) is 5.22. The Kier molecular flexibility index (Phi) is 3.39. The van der Waals surface area contributed by atoms with E-state index in [0.717, 1.165) is 3.57 Å². The van der Waals surface area contributed by atoms with Gasteiger partial charge in [0.25, 0.3) is 0 Å². The third-order valence-corrected chi connectivity index (χ3v) is 3.97. The minimum atomic E-state index is -0.186. The summed E-state index contributed by atoms with van der Waals surface area (Å²) in [4.78, 5) is 12.7. The topological polar surface area (TPSA) is 71.3 Å². The quantitative estimate of drug-likeness (QED) is 0.542. The maximum atomic E-state index is 12.7. The number of hydrogen-bond donors (Lipinski definition) is 1. The number of nitrogens with two attached hydrogens (primary N) is 1. The van der Waals surface area contributed by atoms with Crippen LogP contribution < -0.4 is 5.73 Å². The molecule has 3 rings (SSSR count). The smallest absolute Gasteiger partial charge is 0.211 e. The fourth-order valence-electron chi connectivity index (χ4n) is 2.34. The molecule has 1 aromatic carbocycles. The number of anilines is 1. The molecule has 21 heavy (non-hydrogen) atoms. The molecule has 0 amide bonds. The Morgan fingerprint density at radius 1 is 1.24 bits per heavy atom. The molecule has 0 bridgehead atoms. The van der Waals surface area contributed by atoms with Gasteiger partial charge in [-0.15, -0.1) is 0 Å². The van der Waals surface area contributed by atoms with Crippen molar-refractivity contribution in [2.45, 2.75) is 0 Å². The highest BCUT2D eigenvalue weighted by atomic mass is 127. The third-order valence-electron chi connectivity index (χ3n) is 3.30. The zero-order chi connectivity index (χ0) is 15.0. The Labute approximate surface area is 134 Å². The van der Waals surface area contributed by atoms with Crippen LogP contribution in [0.1, 0.15) is 21.6 Å². The van der Waals surface area contributed by atoms with Gasteiger partial charge < -0.3 is 10.1 Å². The van der Waals surface area contributed by atoms with Crippen LogP contribution in [-0.4, -0.2) is 10.2 Å². The molecule has 0 aliphatic rings. The van der Waals surface area contributed by atoms with Crippen LogP contribution >= 0.6 is 22.6 Å². The number of carbonyl (C=O) groups excluding carboxylic acids is 1. The summed E-state index contributed by atoms with van der Waals surface area (Å²) in [6.07, 6.45) is 1.74. The van der Waals surface area contributed by atoms with Crippen LogP contribution in [0.3, 0.4) is 0 Å². The second-order valence-corrected chi connectivity index (χ2v) is 5.79. The van der Waals surface area contributed by atoms with Gasteiger partial charge in [0, 0.05) is 15.3 Å². The number of aromatic nitrogens is 1. The Morgan fingerprint density at radius 2 is 2.05 bits per heavy atom. The lowest BCUT2D eigenvalue weighted by atomic mass is 10.1. The van der Waals surface area contributed by atoms with Gasteiger partial charge in [-0.2, -0.15) is 5.26 Å². The molecule has 0 radical (unpaired) electrons. The molecule has 0 atom stereocenters. The zero-order valence-electron chi connectivity index (χ0n) is 10.9. The maximum absolute atomic E-state index is 12.7. The molecule has 0 spiro atoms. The van der Waals surface area contributed by atoms with Gasteiger partial charge in [0.05, 0.1) is 11.2 Å². The second-order valence-electron chi connectivity index (χ2n) is 4.54. The highest BCUT2D eigenvalue weighted by molar-refractivity contribution is 14.1. The Hall–Kier alpha value is -2.33. The first-order valence-electron chi connectivity index (χ1n) is 6.22. The third kappa shape index (κ3) is 2.17. The van der Waals surface area contributed by atoms with Crippen LogP contribution in [0.4, 0.5) is 5.69 Å². The zero-order valence-corrected chi connectivity index (χ0v) is 13.0. The number of fused-ring (bicyclic) bond motifs is 1. The largest absolute Gasteiger partial charge is 0.396 e. The summed E-state index contributed by atoms with van der Waals surface area (Å²) in [7, 11) is 0. The highest BCUT2D eigenvalue weighted by Crippen LogP contribution is 2.27. The van der Waals surface area contributed by atoms with Crippen molar-refractivity contribution in [1.82, 2.24) is 4.40 Å². The van der Waals surface area contributed by atoms with Crippen LogP contribution in [0, 0.1) is 14.9 Å². The van der Waals surface area contributed by atoms with Gasteiger partial charge in [0.2, 0.25) is 5.78 Å². The molecule has 3 aromatic rings. The molecule has 2 heterocycles. The monoisotopic (exact) mass is 387 g/mol. The number of benzene rings is 1. The summed E-state index contributed by atoms with van der Waals surface area (Å²) in [5, 5.41) is 9.27. The van der Waals surface area contributed by atoms with Gasteiger partial charge >= 0.3 is 0 Å². The van der Waals surface area contributed by atoms with E-state index in [9.17, 15) is 10.1 Å². The molecule has 5 heteroatoms. The van der Waals surface area contributed by atoms with Crippen molar-refractivity contribution < 1.29 is 4.79 Å². The van der Waals surface area contributed by atoms with Gasteiger partial charge in [0.1, 0.15) is 17.3 Å². The van der Waals surface area contributed by atoms with Gasteiger partial charge in [-0.1, -0.05) is 18.2 Å². The normalized spacial score (nSPS) is 10.5. The first kappa shape index (κ1) is 13.6. The fourth-order valence-corrected chi connectivity index (χ4v) is 2.89. The number of halogens is 1. The minimum absolute atomic E-state index is 0.186. The molecular weight excluding hydrogens is 377 g/mol. The molecule has 0 saturated carbocycles. The van der Waals surface area contributed by atoms with Crippen molar-refractivity contribution in [3.63, 3.8) is 0 Å². The average Bonchev–Trinajstić information content (AvgIpc) is 2.78. The van der Waals surface area contributed by atoms with E-state index >= 15 is 0 Å². The van der Waals surface area contributed by atoms with Crippen molar-refractivity contribution in [3.05, 3.63) is 69.1 Å². The SMILES string of the molecule is N#Cc1c(N)c(C(=O)c2cccc(I)c2)n2ccccc12. The van der Waals surface area contributed by atoms with Gasteiger partial charge in [-0.25, -0.2) is 0 Å². The van der Waals surface area contributed by atoms with E-state index in [1.807, 2.05) is 18.2 Å².